The standard InChI is InChI=1S/C14H19N3/c1-2-3-4-5-9-17-11-14(16-12-17)13-7-6-8-15-10-13/h6-8,10-12H,2-5,9H2,1H3. The summed E-state index contributed by atoms with van der Waals surface area (Å²) in [4.78, 5) is 8.52. The predicted octanol–water partition coefficient (Wildman–Crippen LogP) is 3.53. The summed E-state index contributed by atoms with van der Waals surface area (Å²) in [6, 6.07) is 3.98. The molecule has 0 aromatic carbocycles. The first-order valence-electron chi connectivity index (χ1n) is 6.32. The lowest BCUT2D eigenvalue weighted by molar-refractivity contribution is 0.582. The Morgan fingerprint density at radius 3 is 2.94 bits per heavy atom. The van der Waals surface area contributed by atoms with E-state index in [0.717, 1.165) is 17.8 Å². The van der Waals surface area contributed by atoms with Crippen LogP contribution in [-0.2, 0) is 6.54 Å². The Labute approximate surface area is 103 Å². The van der Waals surface area contributed by atoms with Crippen LogP contribution in [0.15, 0.2) is 37.1 Å². The highest BCUT2D eigenvalue weighted by Crippen LogP contribution is 2.15. The molecule has 0 amide bonds. The van der Waals surface area contributed by atoms with Crippen molar-refractivity contribution in [1.82, 2.24) is 14.5 Å². The molecular formula is C14H19N3. The van der Waals surface area contributed by atoms with Gasteiger partial charge in [-0.3, -0.25) is 4.98 Å². The molecule has 0 fully saturated rings. The number of nitrogens with zero attached hydrogens (tertiary/aromatic N) is 3. The van der Waals surface area contributed by atoms with Crippen LogP contribution in [0.1, 0.15) is 32.6 Å². The van der Waals surface area contributed by atoms with E-state index in [1.54, 1.807) is 6.20 Å². The van der Waals surface area contributed by atoms with E-state index < -0.39 is 0 Å². The van der Waals surface area contributed by atoms with Gasteiger partial charge in [0.15, 0.2) is 0 Å². The van der Waals surface area contributed by atoms with Gasteiger partial charge in [-0.2, -0.15) is 0 Å². The van der Waals surface area contributed by atoms with E-state index in [0.29, 0.717) is 0 Å². The first-order valence-corrected chi connectivity index (χ1v) is 6.32. The predicted molar refractivity (Wildman–Crippen MR) is 69.6 cm³/mol. The summed E-state index contributed by atoms with van der Waals surface area (Å²) in [6.07, 6.45) is 12.8. The van der Waals surface area contributed by atoms with Crippen molar-refractivity contribution in [2.45, 2.75) is 39.2 Å². The van der Waals surface area contributed by atoms with Gasteiger partial charge >= 0.3 is 0 Å². The number of hydrogen-bond acceptors (Lipinski definition) is 2. The van der Waals surface area contributed by atoms with Crippen LogP contribution in [0.3, 0.4) is 0 Å². The second-order valence-electron chi connectivity index (χ2n) is 4.30. The quantitative estimate of drug-likeness (QED) is 0.709. The van der Waals surface area contributed by atoms with Crippen molar-refractivity contribution in [1.29, 1.82) is 0 Å². The topological polar surface area (TPSA) is 30.7 Å². The van der Waals surface area contributed by atoms with E-state index in [2.05, 4.69) is 27.7 Å². The van der Waals surface area contributed by atoms with Gasteiger partial charge in [-0.25, -0.2) is 4.98 Å². The van der Waals surface area contributed by atoms with Crippen LogP contribution in [0.5, 0.6) is 0 Å². The van der Waals surface area contributed by atoms with Gasteiger partial charge in [-0.05, 0) is 18.6 Å². The Bertz CT molecular complexity index is 434. The molecule has 3 nitrogen and oxygen atoms in total. The number of aryl methyl sites for hydroxylation is 1. The number of hydrogen-bond donors (Lipinski definition) is 0. The molecule has 0 unspecified atom stereocenters. The SMILES string of the molecule is CCCCCCn1cnc(-c2cccnc2)c1. The minimum absolute atomic E-state index is 1.01. The molecule has 2 aromatic rings. The summed E-state index contributed by atoms with van der Waals surface area (Å²) in [7, 11) is 0. The molecule has 0 bridgehead atoms. The zero-order chi connectivity index (χ0) is 11.9. The number of unbranched alkanes of at least 4 members (excludes halogenated alkanes) is 3. The highest BCUT2D eigenvalue weighted by atomic mass is 15.0. The fraction of sp³-hybridized carbons (Fsp3) is 0.429. The molecule has 2 aromatic heterocycles. The van der Waals surface area contributed by atoms with Gasteiger partial charge in [-0.15, -0.1) is 0 Å². The summed E-state index contributed by atoms with van der Waals surface area (Å²) in [6.45, 7) is 3.30. The number of pyridine rings is 1. The molecule has 0 spiro atoms. The van der Waals surface area contributed by atoms with Crippen molar-refractivity contribution >= 4 is 0 Å². The van der Waals surface area contributed by atoms with Gasteiger partial charge < -0.3 is 4.57 Å². The number of imidazole rings is 1. The lowest BCUT2D eigenvalue weighted by Crippen LogP contribution is -1.93. The second-order valence-corrected chi connectivity index (χ2v) is 4.30. The Balaban J connectivity index is 1.92. The fourth-order valence-corrected chi connectivity index (χ4v) is 1.87. The van der Waals surface area contributed by atoms with Crippen molar-refractivity contribution < 1.29 is 0 Å². The molecule has 0 saturated carbocycles. The minimum Gasteiger partial charge on any atom is -0.337 e. The lowest BCUT2D eigenvalue weighted by Gasteiger charge is -2.00. The Morgan fingerprint density at radius 1 is 1.24 bits per heavy atom. The first kappa shape index (κ1) is 11.8. The molecule has 2 heterocycles. The van der Waals surface area contributed by atoms with E-state index in [4.69, 9.17) is 0 Å². The maximum Gasteiger partial charge on any atom is 0.0953 e. The van der Waals surface area contributed by atoms with Gasteiger partial charge in [0, 0.05) is 30.7 Å². The summed E-state index contributed by atoms with van der Waals surface area (Å²) in [5.74, 6) is 0. The van der Waals surface area contributed by atoms with Crippen molar-refractivity contribution in [2.24, 2.45) is 0 Å². The van der Waals surface area contributed by atoms with Crippen molar-refractivity contribution in [3.63, 3.8) is 0 Å². The van der Waals surface area contributed by atoms with Crippen LogP contribution in [-0.4, -0.2) is 14.5 Å². The zero-order valence-corrected chi connectivity index (χ0v) is 10.3. The van der Waals surface area contributed by atoms with Gasteiger partial charge in [0.2, 0.25) is 0 Å². The average molecular weight is 229 g/mol. The van der Waals surface area contributed by atoms with Crippen LogP contribution < -0.4 is 0 Å². The number of aromatic nitrogens is 3. The first-order chi connectivity index (χ1) is 8.40. The molecule has 0 aliphatic heterocycles. The molecule has 2 rings (SSSR count). The van der Waals surface area contributed by atoms with Gasteiger partial charge in [0.05, 0.1) is 12.0 Å². The monoisotopic (exact) mass is 229 g/mol. The molecule has 0 N–H and O–H groups in total. The third kappa shape index (κ3) is 3.41. The molecule has 0 radical (unpaired) electrons. The van der Waals surface area contributed by atoms with E-state index in [9.17, 15) is 0 Å². The van der Waals surface area contributed by atoms with Gasteiger partial charge in [0.1, 0.15) is 0 Å². The van der Waals surface area contributed by atoms with Crippen LogP contribution >= 0.6 is 0 Å². The molecular weight excluding hydrogens is 210 g/mol. The third-order valence-electron chi connectivity index (χ3n) is 2.86. The highest BCUT2D eigenvalue weighted by Gasteiger charge is 2.01. The lowest BCUT2D eigenvalue weighted by atomic mass is 10.2. The average Bonchev–Trinajstić information content (AvgIpc) is 2.85. The molecule has 0 aliphatic carbocycles. The summed E-state index contributed by atoms with van der Waals surface area (Å²) < 4.78 is 2.16. The minimum atomic E-state index is 1.01. The second kappa shape index (κ2) is 6.18. The third-order valence-corrected chi connectivity index (χ3v) is 2.86. The maximum atomic E-state index is 4.41. The van der Waals surface area contributed by atoms with Crippen molar-refractivity contribution in [3.8, 4) is 11.3 Å². The summed E-state index contributed by atoms with van der Waals surface area (Å²) in [5.41, 5.74) is 2.09. The van der Waals surface area contributed by atoms with Crippen molar-refractivity contribution in [2.75, 3.05) is 0 Å². The van der Waals surface area contributed by atoms with Crippen LogP contribution in [0.4, 0.5) is 0 Å². The Kier molecular flexibility index (Phi) is 4.30. The van der Waals surface area contributed by atoms with Crippen LogP contribution in [0, 0.1) is 0 Å². The number of rotatable bonds is 6. The maximum absolute atomic E-state index is 4.41. The summed E-state index contributed by atoms with van der Waals surface area (Å²) >= 11 is 0. The fourth-order valence-electron chi connectivity index (χ4n) is 1.87. The van der Waals surface area contributed by atoms with E-state index in [-0.39, 0.29) is 0 Å². The molecule has 0 atom stereocenters. The molecule has 0 saturated heterocycles. The molecule has 0 aliphatic rings. The van der Waals surface area contributed by atoms with Crippen LogP contribution in [0.2, 0.25) is 0 Å². The Hall–Kier alpha value is -1.64. The van der Waals surface area contributed by atoms with Crippen molar-refractivity contribution in [3.05, 3.63) is 37.1 Å². The largest absolute Gasteiger partial charge is 0.337 e. The van der Waals surface area contributed by atoms with Gasteiger partial charge in [-0.1, -0.05) is 26.2 Å². The smallest absolute Gasteiger partial charge is 0.0953 e. The highest BCUT2D eigenvalue weighted by molar-refractivity contribution is 5.56. The zero-order valence-electron chi connectivity index (χ0n) is 10.3. The molecule has 3 heteroatoms. The van der Waals surface area contributed by atoms with Crippen LogP contribution in [0.25, 0.3) is 11.3 Å². The summed E-state index contributed by atoms with van der Waals surface area (Å²) in [5, 5.41) is 0. The normalized spacial score (nSPS) is 10.6. The van der Waals surface area contributed by atoms with E-state index in [1.807, 2.05) is 24.7 Å². The molecule has 17 heavy (non-hydrogen) atoms. The Morgan fingerprint density at radius 2 is 2.18 bits per heavy atom. The van der Waals surface area contributed by atoms with E-state index >= 15 is 0 Å². The molecule has 90 valence electrons. The van der Waals surface area contributed by atoms with Gasteiger partial charge in [0.25, 0.3) is 0 Å². The van der Waals surface area contributed by atoms with E-state index in [1.165, 1.54) is 25.7 Å².